The number of hydrogen-bond acceptors (Lipinski definition) is 4. The van der Waals surface area contributed by atoms with Gasteiger partial charge in [-0.15, -0.1) is 0 Å². The van der Waals surface area contributed by atoms with Crippen LogP contribution in [0, 0.1) is 5.82 Å². The van der Waals surface area contributed by atoms with E-state index in [4.69, 9.17) is 4.43 Å². The summed E-state index contributed by atoms with van der Waals surface area (Å²) in [6.07, 6.45) is 6.10. The van der Waals surface area contributed by atoms with E-state index in [2.05, 4.69) is 43.8 Å². The van der Waals surface area contributed by atoms with Crippen molar-refractivity contribution in [3.8, 4) is 16.9 Å². The van der Waals surface area contributed by atoms with Crippen LogP contribution in [0.3, 0.4) is 0 Å². The van der Waals surface area contributed by atoms with Crippen molar-refractivity contribution in [2.45, 2.75) is 58.2 Å². The van der Waals surface area contributed by atoms with Crippen LogP contribution < -0.4 is 4.90 Å². The lowest BCUT2D eigenvalue weighted by molar-refractivity contribution is -0.122. The summed E-state index contributed by atoms with van der Waals surface area (Å²) in [7, 11) is -1.91. The molecule has 0 N–H and O–H groups in total. The van der Waals surface area contributed by atoms with Crippen molar-refractivity contribution >= 4 is 19.9 Å². The Morgan fingerprint density at radius 1 is 1.15 bits per heavy atom. The molecule has 1 aliphatic rings. The summed E-state index contributed by atoms with van der Waals surface area (Å²) in [6.45, 7) is 16.0. The maximum Gasteiger partial charge on any atom is 0.237 e. The molecule has 34 heavy (non-hydrogen) atoms. The summed E-state index contributed by atoms with van der Waals surface area (Å²) in [5.41, 5.74) is 3.23. The van der Waals surface area contributed by atoms with Gasteiger partial charge in [0, 0.05) is 30.2 Å². The van der Waals surface area contributed by atoms with E-state index in [-0.39, 0.29) is 10.9 Å². The van der Waals surface area contributed by atoms with Crippen LogP contribution in [0.1, 0.15) is 40.2 Å². The van der Waals surface area contributed by atoms with Gasteiger partial charge in [0.15, 0.2) is 14.1 Å². The molecule has 0 saturated heterocycles. The molecule has 0 atom stereocenters. The number of rotatable bonds is 6. The van der Waals surface area contributed by atoms with Gasteiger partial charge in [-0.1, -0.05) is 32.9 Å². The zero-order valence-corrected chi connectivity index (χ0v) is 22.0. The second-order valence-corrected chi connectivity index (χ2v) is 15.7. The molecule has 0 fully saturated rings. The number of imidazole rings is 1. The lowest BCUT2D eigenvalue weighted by Gasteiger charge is -2.36. The third kappa shape index (κ3) is 4.20. The first-order valence-electron chi connectivity index (χ1n) is 11.6. The molecule has 8 heteroatoms. The monoisotopic (exact) mass is 480 g/mol. The van der Waals surface area contributed by atoms with E-state index in [0.29, 0.717) is 24.5 Å². The Kier molecular flexibility index (Phi) is 6.02. The zero-order valence-electron chi connectivity index (χ0n) is 21.0. The predicted octanol–water partition coefficient (Wildman–Crippen LogP) is 5.72. The van der Waals surface area contributed by atoms with Crippen LogP contribution in [0.4, 0.5) is 10.1 Å². The van der Waals surface area contributed by atoms with E-state index in [1.54, 1.807) is 29.4 Å². The largest absolute Gasteiger partial charge is 0.415 e. The van der Waals surface area contributed by atoms with Crippen LogP contribution in [0.15, 0.2) is 49.2 Å². The molecule has 0 spiro atoms. The molecule has 0 bridgehead atoms. The summed E-state index contributed by atoms with van der Waals surface area (Å²) in [4.78, 5) is 23.5. The highest BCUT2D eigenvalue weighted by atomic mass is 28.4. The maximum absolute atomic E-state index is 14.2. The first kappa shape index (κ1) is 24.3. The van der Waals surface area contributed by atoms with Gasteiger partial charge in [0.25, 0.3) is 0 Å². The Bertz CT molecular complexity index is 1230. The molecule has 2 aromatic heterocycles. The van der Waals surface area contributed by atoms with Gasteiger partial charge in [0.2, 0.25) is 5.91 Å². The molecular weight excluding hydrogens is 447 g/mol. The van der Waals surface area contributed by atoms with E-state index in [0.717, 1.165) is 16.8 Å². The van der Waals surface area contributed by atoms with Gasteiger partial charge < -0.3 is 13.9 Å². The second kappa shape index (κ2) is 8.43. The van der Waals surface area contributed by atoms with E-state index in [1.807, 2.05) is 36.9 Å². The number of amides is 1. The summed E-state index contributed by atoms with van der Waals surface area (Å²) >= 11 is 0. The van der Waals surface area contributed by atoms with Crippen molar-refractivity contribution in [1.29, 1.82) is 0 Å². The molecule has 0 saturated carbocycles. The molecule has 180 valence electrons. The Morgan fingerprint density at radius 2 is 1.88 bits per heavy atom. The van der Waals surface area contributed by atoms with E-state index in [9.17, 15) is 9.18 Å². The molecule has 1 aliphatic heterocycles. The van der Waals surface area contributed by atoms with Gasteiger partial charge in [-0.3, -0.25) is 9.78 Å². The highest BCUT2D eigenvalue weighted by molar-refractivity contribution is 6.74. The molecule has 0 unspecified atom stereocenters. The maximum atomic E-state index is 14.2. The lowest BCUT2D eigenvalue weighted by Crippen LogP contribution is -2.44. The first-order chi connectivity index (χ1) is 15.8. The number of anilines is 1. The number of benzene rings is 1. The number of aromatic nitrogens is 3. The summed E-state index contributed by atoms with van der Waals surface area (Å²) in [5.74, 6) is -0.344. The van der Waals surface area contributed by atoms with Gasteiger partial charge >= 0.3 is 0 Å². The summed E-state index contributed by atoms with van der Waals surface area (Å²) in [5, 5.41) is 0.111. The summed E-state index contributed by atoms with van der Waals surface area (Å²) < 4.78 is 22.2. The normalized spacial score (nSPS) is 15.6. The number of halogens is 1. The van der Waals surface area contributed by atoms with Crippen molar-refractivity contribution in [1.82, 2.24) is 14.5 Å². The highest BCUT2D eigenvalue weighted by Gasteiger charge is 2.44. The van der Waals surface area contributed by atoms with Gasteiger partial charge in [0.05, 0.1) is 29.6 Å². The fourth-order valence-corrected chi connectivity index (χ4v) is 5.05. The standard InChI is InChI=1S/C26H33FN4O2Si/c1-25(2,3)34(6,7)33-13-12-31-23-14-18(8-9-19(23)26(4,5)24(31)32)21-16-30(17-29-21)22-10-11-28-15-20(22)27/h8-11,14-17H,12-13H2,1-7H3. The molecule has 0 radical (unpaired) electrons. The van der Waals surface area contributed by atoms with Crippen LogP contribution in [-0.4, -0.2) is 41.9 Å². The third-order valence-electron chi connectivity index (χ3n) is 7.23. The molecule has 6 nitrogen and oxygen atoms in total. The number of nitrogens with zero attached hydrogens (tertiary/aromatic N) is 4. The molecule has 1 aromatic carbocycles. The molecule has 3 heterocycles. The smallest absolute Gasteiger partial charge is 0.237 e. The average molecular weight is 481 g/mol. The van der Waals surface area contributed by atoms with Crippen molar-refractivity contribution in [3.63, 3.8) is 0 Å². The Hall–Kier alpha value is -2.84. The molecule has 1 amide bonds. The third-order valence-corrected chi connectivity index (χ3v) is 11.8. The summed E-state index contributed by atoms with van der Waals surface area (Å²) in [6, 6.07) is 7.58. The van der Waals surface area contributed by atoms with Gasteiger partial charge in [0.1, 0.15) is 6.33 Å². The first-order valence-corrected chi connectivity index (χ1v) is 14.5. The highest BCUT2D eigenvalue weighted by Crippen LogP contribution is 2.43. The number of fused-ring (bicyclic) bond motifs is 1. The minimum absolute atomic E-state index is 0.0721. The number of carbonyl (C=O) groups excluding carboxylic acids is 1. The SMILES string of the molecule is CC1(C)C(=O)N(CCO[Si](C)(C)C(C)(C)C)c2cc(-c3cn(-c4ccncc4F)cn3)ccc21. The van der Waals surface area contributed by atoms with Crippen LogP contribution in [0.2, 0.25) is 18.1 Å². The van der Waals surface area contributed by atoms with E-state index in [1.165, 1.54) is 6.20 Å². The number of hydrogen-bond donors (Lipinski definition) is 0. The van der Waals surface area contributed by atoms with Crippen molar-refractivity contribution in [2.75, 3.05) is 18.1 Å². The fourth-order valence-electron chi connectivity index (χ4n) is 4.02. The molecular formula is C26H33FN4O2Si. The minimum Gasteiger partial charge on any atom is -0.415 e. The van der Waals surface area contributed by atoms with Gasteiger partial charge in [-0.05, 0) is 49.7 Å². The van der Waals surface area contributed by atoms with Crippen LogP contribution in [0.5, 0.6) is 0 Å². The molecule has 4 rings (SSSR count). The topological polar surface area (TPSA) is 60.2 Å². The quantitative estimate of drug-likeness (QED) is 0.424. The molecule has 3 aromatic rings. The second-order valence-electron chi connectivity index (χ2n) is 10.9. The Morgan fingerprint density at radius 3 is 2.56 bits per heavy atom. The molecule has 0 aliphatic carbocycles. The number of carbonyl (C=O) groups is 1. The minimum atomic E-state index is -1.91. The van der Waals surface area contributed by atoms with Crippen LogP contribution in [0.25, 0.3) is 16.9 Å². The number of pyridine rings is 1. The van der Waals surface area contributed by atoms with Crippen LogP contribution in [-0.2, 0) is 14.6 Å². The average Bonchev–Trinajstić information content (AvgIpc) is 3.31. The lowest BCUT2D eigenvalue weighted by atomic mass is 9.86. The van der Waals surface area contributed by atoms with Gasteiger partial charge in [-0.25, -0.2) is 9.37 Å². The van der Waals surface area contributed by atoms with Crippen molar-refractivity contribution in [3.05, 3.63) is 60.6 Å². The van der Waals surface area contributed by atoms with Crippen molar-refractivity contribution < 1.29 is 13.6 Å². The van der Waals surface area contributed by atoms with E-state index < -0.39 is 19.5 Å². The Labute approximate surface area is 201 Å². The van der Waals surface area contributed by atoms with E-state index >= 15 is 0 Å². The van der Waals surface area contributed by atoms with Gasteiger partial charge in [-0.2, -0.15) is 0 Å². The predicted molar refractivity (Wildman–Crippen MR) is 135 cm³/mol. The Balaban J connectivity index is 1.62. The van der Waals surface area contributed by atoms with Crippen LogP contribution >= 0.6 is 0 Å². The fraction of sp³-hybridized carbons (Fsp3) is 0.423. The van der Waals surface area contributed by atoms with Crippen molar-refractivity contribution in [2.24, 2.45) is 0 Å². The zero-order chi connectivity index (χ0) is 24.9.